The van der Waals surface area contributed by atoms with E-state index in [0.717, 1.165) is 12.8 Å². The molecular weight excluding hydrogens is 496 g/mol. The van der Waals surface area contributed by atoms with E-state index in [2.05, 4.69) is 27.7 Å². The fourth-order valence-corrected chi connectivity index (χ4v) is 0. The number of unbranched alkanes of at least 4 members (excludes halogenated alkanes) is 1. The molecule has 0 saturated heterocycles. The Morgan fingerprint density at radius 3 is 0.425 bits per heavy atom. The van der Waals surface area contributed by atoms with Crippen LogP contribution in [0.15, 0.2) is 0 Å². The van der Waals surface area contributed by atoms with Crippen molar-refractivity contribution in [1.29, 1.82) is 0 Å². The number of aliphatic hydroxyl groups excluding tert-OH is 4. The predicted molar refractivity (Wildman–Crippen MR) is 201 cm³/mol. The highest BCUT2D eigenvalue weighted by molar-refractivity contribution is 4.34. The molecule has 4 N–H and O–H groups in total. The molecule has 2 unspecified atom stereocenters. The highest BCUT2D eigenvalue weighted by Crippen LogP contribution is 1.82. The van der Waals surface area contributed by atoms with Gasteiger partial charge in [-0.2, -0.15) is 0 Å². The number of hydrogen-bond donors (Lipinski definition) is 4. The molecule has 0 amide bonds. The summed E-state index contributed by atoms with van der Waals surface area (Å²) in [4.78, 5) is 0. The Labute approximate surface area is 264 Å². The van der Waals surface area contributed by atoms with Crippen LogP contribution >= 0.6 is 0 Å². The van der Waals surface area contributed by atoms with Crippen molar-refractivity contribution in [3.63, 3.8) is 0 Å². The fraction of sp³-hybridized carbons (Fsp3) is 1.00. The molecule has 268 valence electrons. The summed E-state index contributed by atoms with van der Waals surface area (Å²) in [5.74, 6) is 0. The van der Waals surface area contributed by atoms with E-state index in [-0.39, 0.29) is 24.9 Å². The molecule has 0 aromatic rings. The number of hydrogen-bond acceptors (Lipinski definition) is 4. The lowest BCUT2D eigenvalue weighted by Crippen LogP contribution is -1.93. The average Bonchev–Trinajstić information content (AvgIpc) is 3.02. The maximum Gasteiger partial charge on any atom is 0.0509 e. The van der Waals surface area contributed by atoms with Gasteiger partial charge in [-0.15, -0.1) is 0 Å². The SMILES string of the molecule is CC.CC.CC.CC.CC.CC.CC.CC.CC(C)O.CCC.CCC(C)O.CCC(C)O.CCCC.CCO. The van der Waals surface area contributed by atoms with Gasteiger partial charge in [0.2, 0.25) is 0 Å². The minimum atomic E-state index is -0.167. The minimum Gasteiger partial charge on any atom is -0.397 e. The lowest BCUT2D eigenvalue weighted by Gasteiger charge is -1.90. The van der Waals surface area contributed by atoms with Gasteiger partial charge in [-0.25, -0.2) is 0 Å². The first kappa shape index (κ1) is 90.0. The first-order valence-corrected chi connectivity index (χ1v) is 17.7. The van der Waals surface area contributed by atoms with Crippen molar-refractivity contribution in [3.05, 3.63) is 0 Å². The van der Waals surface area contributed by atoms with Crippen molar-refractivity contribution in [2.75, 3.05) is 6.61 Å². The quantitative estimate of drug-likeness (QED) is 0.261. The molecule has 0 fully saturated rings. The van der Waals surface area contributed by atoms with Gasteiger partial charge >= 0.3 is 0 Å². The molecule has 0 heterocycles. The highest BCUT2D eigenvalue weighted by Gasteiger charge is 1.82. The summed E-state index contributed by atoms with van der Waals surface area (Å²) in [5.41, 5.74) is 0. The molecule has 0 aliphatic carbocycles. The average molecular weight is 597 g/mol. The second kappa shape index (κ2) is 253. The van der Waals surface area contributed by atoms with Gasteiger partial charge in [-0.05, 0) is 47.5 Å². The molecule has 2 atom stereocenters. The van der Waals surface area contributed by atoms with Crippen LogP contribution in [0, 0.1) is 0 Å². The lowest BCUT2D eigenvalue weighted by molar-refractivity contribution is 0.190. The van der Waals surface area contributed by atoms with Crippen LogP contribution in [0.3, 0.4) is 0 Å². The Kier molecular flexibility index (Phi) is 568. The van der Waals surface area contributed by atoms with Gasteiger partial charge in [0.15, 0.2) is 0 Å². The molecule has 40 heavy (non-hydrogen) atoms. The molecule has 0 spiro atoms. The topological polar surface area (TPSA) is 80.9 Å². The van der Waals surface area contributed by atoms with E-state index in [1.165, 1.54) is 19.3 Å². The number of aliphatic hydroxyl groups is 4. The largest absolute Gasteiger partial charge is 0.397 e. The van der Waals surface area contributed by atoms with E-state index in [0.29, 0.717) is 0 Å². The maximum absolute atomic E-state index is 8.36. The number of rotatable bonds is 3. The third-order valence-electron chi connectivity index (χ3n) is 1.68. The zero-order valence-electron chi connectivity index (χ0n) is 34.8. The van der Waals surface area contributed by atoms with Crippen LogP contribution in [0.25, 0.3) is 0 Å². The van der Waals surface area contributed by atoms with Crippen molar-refractivity contribution in [3.8, 4) is 0 Å². The third kappa shape index (κ3) is 2190. The lowest BCUT2D eigenvalue weighted by atomic mass is 10.3. The molecule has 0 rings (SSSR count). The Bertz CT molecular complexity index is 115. The Morgan fingerprint density at radius 2 is 0.425 bits per heavy atom. The summed E-state index contributed by atoms with van der Waals surface area (Å²) in [6, 6.07) is 0. The fourth-order valence-electron chi connectivity index (χ4n) is 0. The van der Waals surface area contributed by atoms with E-state index < -0.39 is 0 Å². The van der Waals surface area contributed by atoms with Crippen LogP contribution in [-0.4, -0.2) is 45.3 Å². The van der Waals surface area contributed by atoms with Gasteiger partial charge in [0.25, 0.3) is 0 Å². The van der Waals surface area contributed by atoms with E-state index in [1.807, 2.05) is 125 Å². The van der Waals surface area contributed by atoms with Gasteiger partial charge in [0.05, 0.1) is 12.2 Å². The van der Waals surface area contributed by atoms with Crippen LogP contribution in [0.5, 0.6) is 0 Å². The smallest absolute Gasteiger partial charge is 0.0509 e. The standard InChI is InChI=1S/2C4H10O.C4H10.C3H8O.C3H8.C2H6O.8C2H6/c2*1-3-4(2)5;1-3-4-2;1-3(2)4;1-3-2;1-2-3;8*1-2/h2*4-5H,3H2,1-2H3;3-4H2,1-2H3;3-4H,1-2H3;3H2,1-2H3;3H,2H2,1H3;8*1-2H3. The normalized spacial score (nSPS) is 7.50. The molecule has 0 bridgehead atoms. The molecule has 4 nitrogen and oxygen atoms in total. The van der Waals surface area contributed by atoms with E-state index >= 15 is 0 Å². The molecule has 0 aliphatic heterocycles. The van der Waals surface area contributed by atoms with Crippen molar-refractivity contribution >= 4 is 0 Å². The first-order valence-electron chi connectivity index (χ1n) is 17.7. The van der Waals surface area contributed by atoms with E-state index in [9.17, 15) is 0 Å². The summed E-state index contributed by atoms with van der Waals surface area (Å²) in [7, 11) is 0. The zero-order valence-corrected chi connectivity index (χ0v) is 34.8. The minimum absolute atomic E-state index is 0.116. The second-order valence-electron chi connectivity index (χ2n) is 5.63. The summed E-state index contributed by atoms with van der Waals surface area (Å²) in [5, 5.41) is 32.3. The van der Waals surface area contributed by atoms with Gasteiger partial charge in [0.1, 0.15) is 0 Å². The van der Waals surface area contributed by atoms with Crippen molar-refractivity contribution in [2.45, 2.75) is 237 Å². The van der Waals surface area contributed by atoms with Gasteiger partial charge in [-0.1, -0.05) is 172 Å². The van der Waals surface area contributed by atoms with Crippen LogP contribution in [0.1, 0.15) is 219 Å². The molecule has 0 aromatic heterocycles. The van der Waals surface area contributed by atoms with Gasteiger partial charge < -0.3 is 20.4 Å². The van der Waals surface area contributed by atoms with Crippen molar-refractivity contribution in [1.82, 2.24) is 0 Å². The zero-order chi connectivity index (χ0) is 37.0. The van der Waals surface area contributed by atoms with Crippen LogP contribution in [0.4, 0.5) is 0 Å². The van der Waals surface area contributed by atoms with Crippen LogP contribution < -0.4 is 0 Å². The molecule has 4 heteroatoms. The summed E-state index contributed by atoms with van der Waals surface area (Å²) < 4.78 is 0. The highest BCUT2D eigenvalue weighted by atomic mass is 16.3. The third-order valence-corrected chi connectivity index (χ3v) is 1.68. The molecule has 0 aromatic carbocycles. The second-order valence-corrected chi connectivity index (χ2v) is 5.63. The first-order chi connectivity index (χ1) is 19.0. The molecule has 0 aliphatic rings. The predicted octanol–water partition coefficient (Wildman–Crippen LogP) is 13.4. The Balaban J connectivity index is -0.0000000155. The van der Waals surface area contributed by atoms with Crippen molar-refractivity contribution < 1.29 is 20.4 Å². The Morgan fingerprint density at radius 1 is 0.375 bits per heavy atom. The van der Waals surface area contributed by atoms with Crippen molar-refractivity contribution in [2.24, 2.45) is 0 Å². The summed E-state index contributed by atoms with van der Waals surface area (Å²) in [6.07, 6.45) is 5.21. The van der Waals surface area contributed by atoms with E-state index in [4.69, 9.17) is 20.4 Å². The summed E-state index contributed by atoms with van der Waals surface area (Å²) >= 11 is 0. The summed E-state index contributed by atoms with van der Waals surface area (Å²) in [6.45, 7) is 53.4. The van der Waals surface area contributed by atoms with Crippen LogP contribution in [-0.2, 0) is 0 Å². The molecule has 0 saturated carbocycles. The van der Waals surface area contributed by atoms with Gasteiger partial charge in [-0.3, -0.25) is 0 Å². The van der Waals surface area contributed by atoms with Gasteiger partial charge in [0, 0.05) is 12.7 Å². The monoisotopic (exact) mass is 597 g/mol. The molecular formula is C36H100O4. The molecule has 0 radical (unpaired) electrons. The van der Waals surface area contributed by atoms with Crippen LogP contribution in [0.2, 0.25) is 0 Å². The Hall–Kier alpha value is -0.160. The maximum atomic E-state index is 8.36. The van der Waals surface area contributed by atoms with E-state index in [1.54, 1.807) is 34.6 Å².